The molecule has 3 aromatic heterocycles. The highest BCUT2D eigenvalue weighted by Gasteiger charge is 2.40. The number of H-pyrrole nitrogens is 1. The first-order valence-electron chi connectivity index (χ1n) is 11.3. The first-order valence-corrected chi connectivity index (χ1v) is 11.3. The standard InChI is InChI=1S/C25H24FN7O3/c1-25(23(34)27-2)13-35-22(36-14-25)21-32-19(15-3-5-16(26)6-4-15)20(33-21)18-9-12-29-24(31-18)30-17-7-10-28-11-8-17/h3-12,22H,13-14H2,1-2H3,(H,27,34)(H,32,33)(H,28,29,30,31). The second-order valence-electron chi connectivity index (χ2n) is 8.57. The molecular formula is C25H24FN7O3. The number of anilines is 2. The summed E-state index contributed by atoms with van der Waals surface area (Å²) in [6.07, 6.45) is 4.15. The molecule has 10 nitrogen and oxygen atoms in total. The number of rotatable bonds is 6. The zero-order chi connectivity index (χ0) is 25.1. The van der Waals surface area contributed by atoms with Crippen LogP contribution in [0, 0.1) is 11.2 Å². The smallest absolute Gasteiger partial charge is 0.230 e. The molecule has 1 aliphatic rings. The fourth-order valence-corrected chi connectivity index (χ4v) is 3.83. The Labute approximate surface area is 206 Å². The Balaban J connectivity index is 1.49. The molecule has 0 unspecified atom stereocenters. The van der Waals surface area contributed by atoms with Crippen LogP contribution in [0.3, 0.4) is 0 Å². The molecule has 4 heterocycles. The third kappa shape index (κ3) is 4.79. The molecule has 0 saturated carbocycles. The van der Waals surface area contributed by atoms with Crippen LogP contribution < -0.4 is 10.6 Å². The number of nitrogens with zero attached hydrogens (tertiary/aromatic N) is 4. The van der Waals surface area contributed by atoms with Crippen LogP contribution in [-0.4, -0.2) is 51.1 Å². The van der Waals surface area contributed by atoms with Gasteiger partial charge in [-0.3, -0.25) is 9.78 Å². The van der Waals surface area contributed by atoms with Crippen molar-refractivity contribution in [2.24, 2.45) is 5.41 Å². The largest absolute Gasteiger partial charge is 0.359 e. The van der Waals surface area contributed by atoms with Gasteiger partial charge in [-0.15, -0.1) is 0 Å². The van der Waals surface area contributed by atoms with Crippen molar-refractivity contribution in [3.63, 3.8) is 0 Å². The van der Waals surface area contributed by atoms with Gasteiger partial charge in [0.05, 0.1) is 35.7 Å². The first kappa shape index (κ1) is 23.5. The quantitative estimate of drug-likeness (QED) is 0.375. The van der Waals surface area contributed by atoms with Crippen molar-refractivity contribution in [1.82, 2.24) is 30.2 Å². The summed E-state index contributed by atoms with van der Waals surface area (Å²) in [6, 6.07) is 11.4. The summed E-state index contributed by atoms with van der Waals surface area (Å²) < 4.78 is 25.4. The molecule has 11 heteroatoms. The van der Waals surface area contributed by atoms with E-state index in [0.717, 1.165) is 5.69 Å². The molecule has 0 spiro atoms. The number of hydrogen-bond acceptors (Lipinski definition) is 8. The number of pyridine rings is 1. The predicted octanol–water partition coefficient (Wildman–Crippen LogP) is 3.61. The van der Waals surface area contributed by atoms with Gasteiger partial charge < -0.3 is 25.1 Å². The highest BCUT2D eigenvalue weighted by Crippen LogP contribution is 2.35. The lowest BCUT2D eigenvalue weighted by molar-refractivity contribution is -0.230. The lowest BCUT2D eigenvalue weighted by Gasteiger charge is -2.34. The number of halogens is 1. The van der Waals surface area contributed by atoms with Gasteiger partial charge in [0.25, 0.3) is 0 Å². The molecule has 0 aliphatic carbocycles. The highest BCUT2D eigenvalue weighted by atomic mass is 19.1. The van der Waals surface area contributed by atoms with Crippen molar-refractivity contribution in [1.29, 1.82) is 0 Å². The van der Waals surface area contributed by atoms with Crippen molar-refractivity contribution in [3.8, 4) is 22.6 Å². The number of ether oxygens (including phenoxy) is 2. The Morgan fingerprint density at radius 1 is 1.06 bits per heavy atom. The van der Waals surface area contributed by atoms with Crippen molar-refractivity contribution >= 4 is 17.5 Å². The summed E-state index contributed by atoms with van der Waals surface area (Å²) in [5, 5.41) is 5.78. The van der Waals surface area contributed by atoms with Crippen molar-refractivity contribution in [2.75, 3.05) is 25.6 Å². The van der Waals surface area contributed by atoms with Gasteiger partial charge in [-0.1, -0.05) is 0 Å². The highest BCUT2D eigenvalue weighted by molar-refractivity contribution is 5.82. The van der Waals surface area contributed by atoms with Crippen LogP contribution in [0.5, 0.6) is 0 Å². The summed E-state index contributed by atoms with van der Waals surface area (Å²) in [5.41, 5.74) is 2.36. The summed E-state index contributed by atoms with van der Waals surface area (Å²) in [4.78, 5) is 33.1. The number of hydrogen-bond donors (Lipinski definition) is 3. The third-order valence-electron chi connectivity index (χ3n) is 5.79. The molecule has 1 aromatic carbocycles. The van der Waals surface area contributed by atoms with E-state index in [0.29, 0.717) is 34.4 Å². The SMILES string of the molecule is CNC(=O)C1(C)COC(c2nc(-c3ccc(F)cc3)c(-c3ccnc(Nc4ccncc4)n3)[nH]2)OC1. The summed E-state index contributed by atoms with van der Waals surface area (Å²) >= 11 is 0. The zero-order valence-corrected chi connectivity index (χ0v) is 19.7. The number of imidazole rings is 1. The van der Waals surface area contributed by atoms with Gasteiger partial charge in [-0.25, -0.2) is 19.3 Å². The van der Waals surface area contributed by atoms with Gasteiger partial charge in [0, 0.05) is 36.9 Å². The third-order valence-corrected chi connectivity index (χ3v) is 5.79. The molecule has 1 aliphatic heterocycles. The van der Waals surface area contributed by atoms with Crippen LogP contribution >= 0.6 is 0 Å². The minimum Gasteiger partial charge on any atom is -0.359 e. The number of aromatic nitrogens is 5. The van der Waals surface area contributed by atoms with E-state index in [1.165, 1.54) is 12.1 Å². The Kier molecular flexibility index (Phi) is 6.40. The van der Waals surface area contributed by atoms with E-state index in [4.69, 9.17) is 14.5 Å². The van der Waals surface area contributed by atoms with Gasteiger partial charge in [-0.05, 0) is 49.4 Å². The van der Waals surface area contributed by atoms with Gasteiger partial charge in [0.2, 0.25) is 18.1 Å². The van der Waals surface area contributed by atoms with Crippen molar-refractivity contribution < 1.29 is 18.7 Å². The molecule has 4 aromatic rings. The van der Waals surface area contributed by atoms with E-state index >= 15 is 0 Å². The maximum atomic E-state index is 13.6. The van der Waals surface area contributed by atoms with Crippen molar-refractivity contribution in [3.05, 3.63) is 72.7 Å². The van der Waals surface area contributed by atoms with E-state index in [1.54, 1.807) is 62.9 Å². The Morgan fingerprint density at radius 3 is 2.47 bits per heavy atom. The maximum absolute atomic E-state index is 13.6. The fourth-order valence-electron chi connectivity index (χ4n) is 3.83. The topological polar surface area (TPSA) is 127 Å². The van der Waals surface area contributed by atoms with Gasteiger partial charge >= 0.3 is 0 Å². The molecule has 0 atom stereocenters. The van der Waals surface area contributed by atoms with E-state index in [2.05, 4.69) is 30.6 Å². The fraction of sp³-hybridized carbons (Fsp3) is 0.240. The van der Waals surface area contributed by atoms with E-state index in [-0.39, 0.29) is 24.9 Å². The molecule has 5 rings (SSSR count). The molecule has 1 fully saturated rings. The number of aromatic amines is 1. The van der Waals surface area contributed by atoms with Gasteiger partial charge in [0.15, 0.2) is 5.82 Å². The summed E-state index contributed by atoms with van der Waals surface area (Å²) in [7, 11) is 1.58. The molecule has 0 bridgehead atoms. The number of benzene rings is 1. The predicted molar refractivity (Wildman–Crippen MR) is 129 cm³/mol. The van der Waals surface area contributed by atoms with E-state index in [1.807, 2.05) is 0 Å². The first-order chi connectivity index (χ1) is 17.4. The second kappa shape index (κ2) is 9.80. The maximum Gasteiger partial charge on any atom is 0.230 e. The Bertz CT molecular complexity index is 1350. The lowest BCUT2D eigenvalue weighted by Crippen LogP contribution is -2.47. The zero-order valence-electron chi connectivity index (χ0n) is 19.7. The second-order valence-corrected chi connectivity index (χ2v) is 8.57. The average Bonchev–Trinajstić information content (AvgIpc) is 3.35. The minimum atomic E-state index is -0.813. The molecule has 0 radical (unpaired) electrons. The molecular weight excluding hydrogens is 465 g/mol. The number of carbonyl (C=O) groups excluding carboxylic acids is 1. The van der Waals surface area contributed by atoms with Crippen LogP contribution in [0.2, 0.25) is 0 Å². The van der Waals surface area contributed by atoms with E-state index < -0.39 is 11.7 Å². The normalized spacial score (nSPS) is 19.6. The van der Waals surface area contributed by atoms with Crippen LogP contribution in [0.25, 0.3) is 22.6 Å². The van der Waals surface area contributed by atoms with E-state index in [9.17, 15) is 9.18 Å². The lowest BCUT2D eigenvalue weighted by atomic mass is 9.91. The average molecular weight is 490 g/mol. The van der Waals surface area contributed by atoms with Crippen LogP contribution in [0.4, 0.5) is 16.0 Å². The van der Waals surface area contributed by atoms with Crippen LogP contribution in [-0.2, 0) is 14.3 Å². The molecule has 36 heavy (non-hydrogen) atoms. The molecule has 3 N–H and O–H groups in total. The van der Waals surface area contributed by atoms with Crippen molar-refractivity contribution in [2.45, 2.75) is 13.2 Å². The number of nitrogens with one attached hydrogen (secondary N) is 3. The Hall–Kier alpha value is -4.22. The van der Waals surface area contributed by atoms with Gasteiger partial charge in [-0.2, -0.15) is 0 Å². The monoisotopic (exact) mass is 489 g/mol. The molecule has 1 amide bonds. The number of carbonyl (C=O) groups is 1. The minimum absolute atomic E-state index is 0.159. The summed E-state index contributed by atoms with van der Waals surface area (Å²) in [6.45, 7) is 2.09. The van der Waals surface area contributed by atoms with Gasteiger partial charge in [0.1, 0.15) is 5.82 Å². The van der Waals surface area contributed by atoms with Crippen LogP contribution in [0.15, 0.2) is 61.1 Å². The van der Waals surface area contributed by atoms with Crippen LogP contribution in [0.1, 0.15) is 19.0 Å². The molecule has 1 saturated heterocycles. The molecule has 184 valence electrons. The Morgan fingerprint density at radius 2 is 1.78 bits per heavy atom. The summed E-state index contributed by atoms with van der Waals surface area (Å²) in [5.74, 6) is 0.273. The number of amides is 1.